The summed E-state index contributed by atoms with van der Waals surface area (Å²) in [7, 11) is 1.74. The van der Waals surface area contributed by atoms with Gasteiger partial charge < -0.3 is 10.1 Å². The summed E-state index contributed by atoms with van der Waals surface area (Å²) in [6.07, 6.45) is 3.66. The van der Waals surface area contributed by atoms with E-state index < -0.39 is 0 Å². The summed E-state index contributed by atoms with van der Waals surface area (Å²) in [6.45, 7) is 8.59. The molecule has 1 aromatic carbocycles. The zero-order valence-corrected chi connectivity index (χ0v) is 11.6. The molecule has 1 N–H and O–H groups in total. The van der Waals surface area contributed by atoms with Crippen LogP contribution in [-0.2, 0) is 6.42 Å². The van der Waals surface area contributed by atoms with E-state index >= 15 is 0 Å². The van der Waals surface area contributed by atoms with Crippen LogP contribution in [0.5, 0.6) is 5.75 Å². The third-order valence-corrected chi connectivity index (χ3v) is 3.04. The number of benzene rings is 1. The average molecular weight is 235 g/mol. The molecule has 0 radical (unpaired) electrons. The summed E-state index contributed by atoms with van der Waals surface area (Å²) in [5.41, 5.74) is 3.92. The van der Waals surface area contributed by atoms with E-state index in [1.165, 1.54) is 29.5 Å². The molecule has 1 aromatic rings. The molecule has 2 nitrogen and oxygen atoms in total. The Labute approximate surface area is 105 Å². The normalized spacial score (nSPS) is 10.6. The van der Waals surface area contributed by atoms with Crippen molar-refractivity contribution in [1.29, 1.82) is 0 Å². The monoisotopic (exact) mass is 235 g/mol. The summed E-state index contributed by atoms with van der Waals surface area (Å²) in [6, 6.07) is 4.50. The maximum Gasteiger partial charge on any atom is 0.124 e. The highest BCUT2D eigenvalue weighted by Crippen LogP contribution is 2.24. The van der Waals surface area contributed by atoms with Gasteiger partial charge in [-0.15, -0.1) is 0 Å². The molecule has 0 saturated heterocycles. The third-order valence-electron chi connectivity index (χ3n) is 3.04. The molecule has 0 aliphatic carbocycles. The van der Waals surface area contributed by atoms with Gasteiger partial charge in [-0.3, -0.25) is 0 Å². The van der Waals surface area contributed by atoms with Crippen molar-refractivity contribution in [3.8, 4) is 5.75 Å². The minimum Gasteiger partial charge on any atom is -0.496 e. The van der Waals surface area contributed by atoms with Crippen LogP contribution < -0.4 is 10.1 Å². The molecule has 0 aliphatic rings. The van der Waals surface area contributed by atoms with E-state index in [1.54, 1.807) is 7.11 Å². The summed E-state index contributed by atoms with van der Waals surface area (Å²) in [4.78, 5) is 0. The predicted octanol–water partition coefficient (Wildman–Crippen LogP) is 3.24. The van der Waals surface area contributed by atoms with E-state index in [-0.39, 0.29) is 0 Å². The van der Waals surface area contributed by atoms with Crippen molar-refractivity contribution in [2.24, 2.45) is 0 Å². The van der Waals surface area contributed by atoms with Gasteiger partial charge in [0, 0.05) is 0 Å². The van der Waals surface area contributed by atoms with Crippen LogP contribution in [0.1, 0.15) is 36.5 Å². The van der Waals surface area contributed by atoms with Crippen molar-refractivity contribution in [2.75, 3.05) is 20.2 Å². The Hall–Kier alpha value is -1.02. The van der Waals surface area contributed by atoms with Gasteiger partial charge in [-0.05, 0) is 62.9 Å². The van der Waals surface area contributed by atoms with Crippen LogP contribution in [0.3, 0.4) is 0 Å². The van der Waals surface area contributed by atoms with Crippen LogP contribution in [0.2, 0.25) is 0 Å². The Morgan fingerprint density at radius 3 is 2.29 bits per heavy atom. The van der Waals surface area contributed by atoms with Crippen molar-refractivity contribution in [3.05, 3.63) is 28.8 Å². The molecule has 0 spiro atoms. The van der Waals surface area contributed by atoms with Gasteiger partial charge >= 0.3 is 0 Å². The molecule has 0 heterocycles. The van der Waals surface area contributed by atoms with E-state index in [9.17, 15) is 0 Å². The Balaban J connectivity index is 2.49. The fraction of sp³-hybridized carbons (Fsp3) is 0.600. The second-order valence-corrected chi connectivity index (χ2v) is 4.57. The Bertz CT molecular complexity index is 324. The summed E-state index contributed by atoms with van der Waals surface area (Å²) in [5.74, 6) is 1.03. The highest BCUT2D eigenvalue weighted by molar-refractivity contribution is 5.43. The molecular weight excluding hydrogens is 210 g/mol. The smallest absolute Gasteiger partial charge is 0.124 e. The van der Waals surface area contributed by atoms with Gasteiger partial charge in [-0.2, -0.15) is 0 Å². The molecule has 0 amide bonds. The predicted molar refractivity (Wildman–Crippen MR) is 73.9 cm³/mol. The number of hydrogen-bond acceptors (Lipinski definition) is 2. The molecule has 0 bridgehead atoms. The lowest BCUT2D eigenvalue weighted by Crippen LogP contribution is -2.13. The molecule has 0 fully saturated rings. The van der Waals surface area contributed by atoms with E-state index in [0.29, 0.717) is 0 Å². The van der Waals surface area contributed by atoms with Gasteiger partial charge in [0.1, 0.15) is 5.75 Å². The highest BCUT2D eigenvalue weighted by Gasteiger charge is 2.04. The molecule has 96 valence electrons. The van der Waals surface area contributed by atoms with Crippen LogP contribution in [-0.4, -0.2) is 20.2 Å². The van der Waals surface area contributed by atoms with Gasteiger partial charge in [-0.25, -0.2) is 0 Å². The Kier molecular flexibility index (Phi) is 6.06. The summed E-state index contributed by atoms with van der Waals surface area (Å²) in [5, 5.41) is 3.36. The van der Waals surface area contributed by atoms with Crippen molar-refractivity contribution >= 4 is 0 Å². The zero-order valence-electron chi connectivity index (χ0n) is 11.6. The molecule has 1 rings (SSSR count). The lowest BCUT2D eigenvalue weighted by atomic mass is 10.0. The first-order valence-corrected chi connectivity index (χ1v) is 6.53. The van der Waals surface area contributed by atoms with Gasteiger partial charge in [-0.1, -0.05) is 19.1 Å². The molecule has 0 atom stereocenters. The topological polar surface area (TPSA) is 21.3 Å². The fourth-order valence-electron chi connectivity index (χ4n) is 2.26. The summed E-state index contributed by atoms with van der Waals surface area (Å²) >= 11 is 0. The quantitative estimate of drug-likeness (QED) is 0.733. The number of unbranched alkanes of at least 4 members (excludes halogenated alkanes) is 1. The largest absolute Gasteiger partial charge is 0.496 e. The molecular formula is C15H25NO. The number of hydrogen-bond donors (Lipinski definition) is 1. The van der Waals surface area contributed by atoms with Crippen LogP contribution in [0, 0.1) is 13.8 Å². The molecule has 17 heavy (non-hydrogen) atoms. The maximum absolute atomic E-state index is 5.38. The van der Waals surface area contributed by atoms with Crippen molar-refractivity contribution in [3.63, 3.8) is 0 Å². The minimum absolute atomic E-state index is 1.03. The van der Waals surface area contributed by atoms with E-state index in [2.05, 4.69) is 38.2 Å². The number of methoxy groups -OCH3 is 1. The number of aryl methyl sites for hydroxylation is 3. The molecule has 0 aliphatic heterocycles. The lowest BCUT2D eigenvalue weighted by molar-refractivity contribution is 0.408. The summed E-state index contributed by atoms with van der Waals surface area (Å²) < 4.78 is 5.38. The number of ether oxygens (including phenoxy) is 1. The number of nitrogens with one attached hydrogen (secondary N) is 1. The fourth-order valence-corrected chi connectivity index (χ4v) is 2.26. The van der Waals surface area contributed by atoms with Crippen LogP contribution >= 0.6 is 0 Å². The maximum atomic E-state index is 5.38. The van der Waals surface area contributed by atoms with E-state index in [0.717, 1.165) is 25.3 Å². The first kappa shape index (κ1) is 14.0. The van der Waals surface area contributed by atoms with Crippen molar-refractivity contribution in [1.82, 2.24) is 5.32 Å². The molecule has 0 saturated carbocycles. The van der Waals surface area contributed by atoms with Gasteiger partial charge in [0.2, 0.25) is 0 Å². The third kappa shape index (κ3) is 4.39. The Morgan fingerprint density at radius 1 is 1.12 bits per heavy atom. The molecule has 0 unspecified atom stereocenters. The van der Waals surface area contributed by atoms with E-state index in [4.69, 9.17) is 4.74 Å². The van der Waals surface area contributed by atoms with Crippen LogP contribution in [0.4, 0.5) is 0 Å². The first-order valence-electron chi connectivity index (χ1n) is 6.53. The number of rotatable bonds is 7. The SMILES string of the molecule is CCNCCCCc1cc(C)c(OC)c(C)c1. The second kappa shape index (κ2) is 7.33. The highest BCUT2D eigenvalue weighted by atomic mass is 16.5. The average Bonchev–Trinajstić information content (AvgIpc) is 2.28. The van der Waals surface area contributed by atoms with Gasteiger partial charge in [0.25, 0.3) is 0 Å². The van der Waals surface area contributed by atoms with Gasteiger partial charge in [0.05, 0.1) is 7.11 Å². The molecule has 2 heteroatoms. The first-order chi connectivity index (χ1) is 8.19. The minimum atomic E-state index is 1.03. The second-order valence-electron chi connectivity index (χ2n) is 4.57. The van der Waals surface area contributed by atoms with Crippen molar-refractivity contribution < 1.29 is 4.74 Å². The molecule has 0 aromatic heterocycles. The van der Waals surface area contributed by atoms with Crippen LogP contribution in [0.25, 0.3) is 0 Å². The van der Waals surface area contributed by atoms with Crippen LogP contribution in [0.15, 0.2) is 12.1 Å². The van der Waals surface area contributed by atoms with Crippen molar-refractivity contribution in [2.45, 2.75) is 40.0 Å². The van der Waals surface area contributed by atoms with Gasteiger partial charge in [0.15, 0.2) is 0 Å². The standard InChI is InChI=1S/C15H25NO/c1-5-16-9-7-6-8-14-10-12(2)15(17-4)13(3)11-14/h10-11,16H,5-9H2,1-4H3. The zero-order chi connectivity index (χ0) is 12.7. The van der Waals surface area contributed by atoms with E-state index in [1.807, 2.05) is 0 Å². The Morgan fingerprint density at radius 2 is 1.76 bits per heavy atom. The lowest BCUT2D eigenvalue weighted by Gasteiger charge is -2.11.